The largest absolute Gasteiger partial charge is 0.484 e. The van der Waals surface area contributed by atoms with E-state index in [1.807, 2.05) is 20.0 Å². The molecule has 0 amide bonds. The SMILES string of the molecule is Cc1cc(C)c(OCc2nnc(C)n2C)c(S(=O)(=O)Cl)c1. The predicted octanol–water partition coefficient (Wildman–Crippen LogP) is 2.25. The van der Waals surface area contributed by atoms with Crippen molar-refractivity contribution in [2.45, 2.75) is 32.3 Å². The number of halogens is 1. The lowest BCUT2D eigenvalue weighted by molar-refractivity contribution is 0.281. The lowest BCUT2D eigenvalue weighted by atomic mass is 10.1. The van der Waals surface area contributed by atoms with Crippen LogP contribution in [0.1, 0.15) is 22.8 Å². The van der Waals surface area contributed by atoms with Crippen molar-refractivity contribution in [3.63, 3.8) is 0 Å². The molecule has 0 saturated heterocycles. The second-order valence-corrected chi connectivity index (χ2v) is 7.39. The monoisotopic (exact) mass is 329 g/mol. The van der Waals surface area contributed by atoms with E-state index in [2.05, 4.69) is 10.2 Å². The van der Waals surface area contributed by atoms with Crippen LogP contribution in [-0.2, 0) is 22.7 Å². The van der Waals surface area contributed by atoms with Crippen LogP contribution in [0, 0.1) is 20.8 Å². The van der Waals surface area contributed by atoms with Crippen LogP contribution >= 0.6 is 10.7 Å². The Hall–Kier alpha value is -1.60. The summed E-state index contributed by atoms with van der Waals surface area (Å²) < 4.78 is 30.8. The first-order valence-electron chi connectivity index (χ1n) is 6.23. The van der Waals surface area contributed by atoms with E-state index in [-0.39, 0.29) is 17.3 Å². The first-order chi connectivity index (χ1) is 9.70. The summed E-state index contributed by atoms with van der Waals surface area (Å²) in [7, 11) is 3.42. The summed E-state index contributed by atoms with van der Waals surface area (Å²) in [5.74, 6) is 1.60. The number of rotatable bonds is 4. The molecule has 0 radical (unpaired) electrons. The van der Waals surface area contributed by atoms with Gasteiger partial charge >= 0.3 is 0 Å². The van der Waals surface area contributed by atoms with Crippen molar-refractivity contribution >= 4 is 19.7 Å². The Morgan fingerprint density at radius 2 is 1.90 bits per heavy atom. The maximum absolute atomic E-state index is 11.7. The van der Waals surface area contributed by atoms with Gasteiger partial charge in [-0.1, -0.05) is 6.07 Å². The van der Waals surface area contributed by atoms with Gasteiger partial charge in [0.15, 0.2) is 5.82 Å². The van der Waals surface area contributed by atoms with E-state index in [9.17, 15) is 8.42 Å². The van der Waals surface area contributed by atoms with Gasteiger partial charge < -0.3 is 9.30 Å². The van der Waals surface area contributed by atoms with Gasteiger partial charge in [0.2, 0.25) is 0 Å². The van der Waals surface area contributed by atoms with E-state index in [0.29, 0.717) is 11.4 Å². The van der Waals surface area contributed by atoms with Crippen LogP contribution in [0.5, 0.6) is 5.75 Å². The van der Waals surface area contributed by atoms with Gasteiger partial charge in [-0.05, 0) is 38.0 Å². The summed E-state index contributed by atoms with van der Waals surface area (Å²) in [6, 6.07) is 3.33. The Kier molecular flexibility index (Phi) is 4.25. The highest BCUT2D eigenvalue weighted by molar-refractivity contribution is 8.13. The van der Waals surface area contributed by atoms with E-state index < -0.39 is 9.05 Å². The lowest BCUT2D eigenvalue weighted by Crippen LogP contribution is -2.07. The molecule has 0 saturated carbocycles. The van der Waals surface area contributed by atoms with Crippen LogP contribution in [-0.4, -0.2) is 23.2 Å². The third-order valence-corrected chi connectivity index (χ3v) is 4.50. The maximum Gasteiger partial charge on any atom is 0.265 e. The minimum absolute atomic E-state index is 0.0273. The Bertz CT molecular complexity index is 784. The molecule has 21 heavy (non-hydrogen) atoms. The molecule has 114 valence electrons. The molecular weight excluding hydrogens is 314 g/mol. The van der Waals surface area contributed by atoms with Crippen LogP contribution in [0.15, 0.2) is 17.0 Å². The van der Waals surface area contributed by atoms with Crippen molar-refractivity contribution in [3.05, 3.63) is 34.9 Å². The Morgan fingerprint density at radius 1 is 1.24 bits per heavy atom. The second-order valence-electron chi connectivity index (χ2n) is 4.86. The zero-order chi connectivity index (χ0) is 15.8. The van der Waals surface area contributed by atoms with Crippen LogP contribution in [0.2, 0.25) is 0 Å². The summed E-state index contributed by atoms with van der Waals surface area (Å²) >= 11 is 0. The fourth-order valence-electron chi connectivity index (χ4n) is 1.99. The second kappa shape index (κ2) is 5.65. The van der Waals surface area contributed by atoms with Crippen molar-refractivity contribution in [1.29, 1.82) is 0 Å². The summed E-state index contributed by atoms with van der Waals surface area (Å²) in [6.45, 7) is 5.51. The summed E-state index contributed by atoms with van der Waals surface area (Å²) in [6.07, 6.45) is 0. The molecule has 0 atom stereocenters. The van der Waals surface area contributed by atoms with Gasteiger partial charge in [0.25, 0.3) is 9.05 Å². The van der Waals surface area contributed by atoms with Gasteiger partial charge in [0.05, 0.1) is 0 Å². The molecule has 8 heteroatoms. The minimum atomic E-state index is -3.88. The van der Waals surface area contributed by atoms with E-state index in [4.69, 9.17) is 15.4 Å². The van der Waals surface area contributed by atoms with Crippen molar-refractivity contribution in [1.82, 2.24) is 14.8 Å². The van der Waals surface area contributed by atoms with E-state index >= 15 is 0 Å². The van der Waals surface area contributed by atoms with E-state index in [0.717, 1.165) is 11.4 Å². The summed E-state index contributed by atoms with van der Waals surface area (Å²) in [4.78, 5) is -0.0273. The van der Waals surface area contributed by atoms with Crippen LogP contribution < -0.4 is 4.74 Å². The van der Waals surface area contributed by atoms with Crippen molar-refractivity contribution < 1.29 is 13.2 Å². The highest BCUT2D eigenvalue weighted by atomic mass is 35.7. The molecule has 0 aliphatic rings. The standard InChI is InChI=1S/C13H16ClN3O3S/c1-8-5-9(2)13(11(6-8)21(14,18)19)20-7-12-16-15-10(3)17(12)4/h5-6H,7H2,1-4H3. The third kappa shape index (κ3) is 3.36. The molecule has 1 aromatic carbocycles. The number of aryl methyl sites for hydroxylation is 3. The normalized spacial score (nSPS) is 11.7. The zero-order valence-electron chi connectivity index (χ0n) is 12.2. The topological polar surface area (TPSA) is 74.1 Å². The molecule has 0 N–H and O–H groups in total. The molecule has 0 unspecified atom stereocenters. The fourth-order valence-corrected chi connectivity index (χ4v) is 3.11. The first kappa shape index (κ1) is 15.8. The molecule has 6 nitrogen and oxygen atoms in total. The minimum Gasteiger partial charge on any atom is -0.484 e. The molecule has 1 heterocycles. The Balaban J connectivity index is 2.38. The first-order valence-corrected chi connectivity index (χ1v) is 8.54. The van der Waals surface area contributed by atoms with Gasteiger partial charge in [-0.3, -0.25) is 0 Å². The number of nitrogens with zero attached hydrogens (tertiary/aromatic N) is 3. The lowest BCUT2D eigenvalue weighted by Gasteiger charge is -2.13. The van der Waals surface area contributed by atoms with Gasteiger partial charge in [-0.25, -0.2) is 8.42 Å². The quantitative estimate of drug-likeness (QED) is 0.804. The number of hydrogen-bond acceptors (Lipinski definition) is 5. The number of aromatic nitrogens is 3. The summed E-state index contributed by atoms with van der Waals surface area (Å²) in [5, 5.41) is 7.90. The van der Waals surface area contributed by atoms with Crippen molar-refractivity contribution in [3.8, 4) is 5.75 Å². The van der Waals surface area contributed by atoms with Gasteiger partial charge in [0.1, 0.15) is 23.1 Å². The maximum atomic E-state index is 11.7. The molecule has 0 aliphatic carbocycles. The Morgan fingerprint density at radius 3 is 2.43 bits per heavy atom. The van der Waals surface area contributed by atoms with Gasteiger partial charge in [0, 0.05) is 17.7 Å². The van der Waals surface area contributed by atoms with E-state index in [1.54, 1.807) is 18.4 Å². The molecule has 2 aromatic rings. The van der Waals surface area contributed by atoms with E-state index in [1.165, 1.54) is 6.07 Å². The van der Waals surface area contributed by atoms with Crippen LogP contribution in [0.4, 0.5) is 0 Å². The molecule has 1 aromatic heterocycles. The molecule has 0 bridgehead atoms. The Labute approximate surface area is 128 Å². The third-order valence-electron chi connectivity index (χ3n) is 3.18. The zero-order valence-corrected chi connectivity index (χ0v) is 13.8. The van der Waals surface area contributed by atoms with Crippen LogP contribution in [0.3, 0.4) is 0 Å². The number of benzene rings is 1. The number of ether oxygens (including phenoxy) is 1. The van der Waals surface area contributed by atoms with Gasteiger partial charge in [-0.15, -0.1) is 10.2 Å². The molecule has 0 fully saturated rings. The fraction of sp³-hybridized carbons (Fsp3) is 0.385. The molecule has 0 spiro atoms. The predicted molar refractivity (Wildman–Crippen MR) is 79.0 cm³/mol. The highest BCUT2D eigenvalue weighted by Crippen LogP contribution is 2.32. The van der Waals surface area contributed by atoms with Crippen LogP contribution in [0.25, 0.3) is 0 Å². The van der Waals surface area contributed by atoms with Crippen molar-refractivity contribution in [2.24, 2.45) is 7.05 Å². The average molecular weight is 330 g/mol. The number of hydrogen-bond donors (Lipinski definition) is 0. The average Bonchev–Trinajstić information content (AvgIpc) is 2.67. The highest BCUT2D eigenvalue weighted by Gasteiger charge is 2.20. The smallest absolute Gasteiger partial charge is 0.265 e. The molecule has 0 aliphatic heterocycles. The summed E-state index contributed by atoms with van der Waals surface area (Å²) in [5.41, 5.74) is 1.50. The molecular formula is C13H16ClN3O3S. The van der Waals surface area contributed by atoms with Crippen molar-refractivity contribution in [2.75, 3.05) is 0 Å². The molecule has 2 rings (SSSR count). The van der Waals surface area contributed by atoms with Gasteiger partial charge in [-0.2, -0.15) is 0 Å².